The standard InChI is InChI=1S/C12H19N3/c1-9-3-2-4-12(15-9)14-8-10-5-6-11(13)7-10/h2-4,10-11H,5-8,13H2,1H3,(H,14,15). The Morgan fingerprint density at radius 3 is 3.00 bits per heavy atom. The molecule has 15 heavy (non-hydrogen) atoms. The normalized spacial score (nSPS) is 25.5. The van der Waals surface area contributed by atoms with Crippen molar-refractivity contribution in [3.63, 3.8) is 0 Å². The third-order valence-electron chi connectivity index (χ3n) is 3.04. The molecule has 3 heteroatoms. The Kier molecular flexibility index (Phi) is 3.21. The van der Waals surface area contributed by atoms with Crippen LogP contribution in [0.25, 0.3) is 0 Å². The van der Waals surface area contributed by atoms with Gasteiger partial charge in [-0.2, -0.15) is 0 Å². The molecule has 0 bridgehead atoms. The van der Waals surface area contributed by atoms with E-state index in [-0.39, 0.29) is 0 Å². The first-order valence-corrected chi connectivity index (χ1v) is 5.67. The second kappa shape index (κ2) is 4.62. The summed E-state index contributed by atoms with van der Waals surface area (Å²) in [7, 11) is 0. The first kappa shape index (κ1) is 10.4. The van der Waals surface area contributed by atoms with E-state index >= 15 is 0 Å². The summed E-state index contributed by atoms with van der Waals surface area (Å²) in [5.41, 5.74) is 6.93. The van der Waals surface area contributed by atoms with Crippen LogP contribution in [-0.4, -0.2) is 17.6 Å². The summed E-state index contributed by atoms with van der Waals surface area (Å²) in [6.07, 6.45) is 3.58. The van der Waals surface area contributed by atoms with Crippen LogP contribution in [0.3, 0.4) is 0 Å². The van der Waals surface area contributed by atoms with Gasteiger partial charge in [-0.25, -0.2) is 4.98 Å². The minimum absolute atomic E-state index is 0.419. The summed E-state index contributed by atoms with van der Waals surface area (Å²) in [4.78, 5) is 4.41. The number of rotatable bonds is 3. The summed E-state index contributed by atoms with van der Waals surface area (Å²) < 4.78 is 0. The van der Waals surface area contributed by atoms with Crippen molar-refractivity contribution in [1.82, 2.24) is 4.98 Å². The third-order valence-corrected chi connectivity index (χ3v) is 3.04. The van der Waals surface area contributed by atoms with Crippen LogP contribution in [0, 0.1) is 12.8 Å². The highest BCUT2D eigenvalue weighted by molar-refractivity contribution is 5.35. The molecule has 2 atom stereocenters. The van der Waals surface area contributed by atoms with Crippen LogP contribution in [-0.2, 0) is 0 Å². The predicted molar refractivity (Wildman–Crippen MR) is 62.8 cm³/mol. The zero-order valence-corrected chi connectivity index (χ0v) is 9.24. The smallest absolute Gasteiger partial charge is 0.126 e. The van der Waals surface area contributed by atoms with Gasteiger partial charge in [0.05, 0.1) is 0 Å². The van der Waals surface area contributed by atoms with Crippen molar-refractivity contribution >= 4 is 5.82 Å². The maximum atomic E-state index is 5.87. The van der Waals surface area contributed by atoms with Gasteiger partial charge in [0, 0.05) is 18.3 Å². The number of nitrogens with zero attached hydrogens (tertiary/aromatic N) is 1. The summed E-state index contributed by atoms with van der Waals surface area (Å²) in [6.45, 7) is 3.01. The SMILES string of the molecule is Cc1cccc(NCC2CCC(N)C2)n1. The Morgan fingerprint density at radius 1 is 1.47 bits per heavy atom. The van der Waals surface area contributed by atoms with Crippen LogP contribution in [0.5, 0.6) is 0 Å². The average molecular weight is 205 g/mol. The zero-order valence-electron chi connectivity index (χ0n) is 9.24. The molecule has 3 nitrogen and oxygen atoms in total. The van der Waals surface area contributed by atoms with Gasteiger partial charge in [0.15, 0.2) is 0 Å². The van der Waals surface area contributed by atoms with Crippen LogP contribution in [0.4, 0.5) is 5.82 Å². The molecule has 1 heterocycles. The van der Waals surface area contributed by atoms with Crippen molar-refractivity contribution in [2.45, 2.75) is 32.2 Å². The maximum Gasteiger partial charge on any atom is 0.126 e. The van der Waals surface area contributed by atoms with Gasteiger partial charge in [0.2, 0.25) is 0 Å². The number of pyridine rings is 1. The average Bonchev–Trinajstić information content (AvgIpc) is 2.62. The number of anilines is 1. The number of aromatic nitrogens is 1. The zero-order chi connectivity index (χ0) is 10.7. The minimum Gasteiger partial charge on any atom is -0.370 e. The molecule has 0 amide bonds. The fourth-order valence-corrected chi connectivity index (χ4v) is 2.19. The number of nitrogens with two attached hydrogens (primary N) is 1. The lowest BCUT2D eigenvalue weighted by atomic mass is 10.1. The lowest BCUT2D eigenvalue weighted by Crippen LogP contribution is -2.18. The molecular weight excluding hydrogens is 186 g/mol. The first-order chi connectivity index (χ1) is 7.24. The summed E-state index contributed by atoms with van der Waals surface area (Å²) in [5, 5.41) is 3.38. The minimum atomic E-state index is 0.419. The molecule has 3 N–H and O–H groups in total. The van der Waals surface area contributed by atoms with E-state index in [0.29, 0.717) is 6.04 Å². The van der Waals surface area contributed by atoms with E-state index in [0.717, 1.165) is 30.4 Å². The highest BCUT2D eigenvalue weighted by Crippen LogP contribution is 2.24. The van der Waals surface area contributed by atoms with Crippen LogP contribution in [0.1, 0.15) is 25.0 Å². The first-order valence-electron chi connectivity index (χ1n) is 5.67. The quantitative estimate of drug-likeness (QED) is 0.792. The molecule has 1 fully saturated rings. The summed E-state index contributed by atoms with van der Waals surface area (Å²) in [6, 6.07) is 6.48. The predicted octanol–water partition coefficient (Wildman–Crippen LogP) is 1.93. The van der Waals surface area contributed by atoms with E-state index in [9.17, 15) is 0 Å². The van der Waals surface area contributed by atoms with Crippen molar-refractivity contribution in [3.8, 4) is 0 Å². The van der Waals surface area contributed by atoms with Gasteiger partial charge in [-0.05, 0) is 44.2 Å². The van der Waals surface area contributed by atoms with Gasteiger partial charge in [-0.15, -0.1) is 0 Å². The highest BCUT2D eigenvalue weighted by atomic mass is 15.0. The Bertz CT molecular complexity index is 324. The van der Waals surface area contributed by atoms with E-state index < -0.39 is 0 Å². The van der Waals surface area contributed by atoms with E-state index in [1.54, 1.807) is 0 Å². The molecule has 1 aliphatic rings. The highest BCUT2D eigenvalue weighted by Gasteiger charge is 2.21. The number of nitrogens with one attached hydrogen (secondary N) is 1. The Hall–Kier alpha value is -1.09. The van der Waals surface area contributed by atoms with E-state index in [1.807, 2.05) is 25.1 Å². The monoisotopic (exact) mass is 205 g/mol. The number of hydrogen-bond acceptors (Lipinski definition) is 3. The second-order valence-electron chi connectivity index (χ2n) is 4.48. The molecule has 82 valence electrons. The largest absolute Gasteiger partial charge is 0.370 e. The number of aryl methyl sites for hydroxylation is 1. The van der Waals surface area contributed by atoms with Crippen molar-refractivity contribution in [3.05, 3.63) is 23.9 Å². The molecule has 0 radical (unpaired) electrons. The molecule has 1 aromatic heterocycles. The van der Waals surface area contributed by atoms with Crippen molar-refractivity contribution in [2.24, 2.45) is 11.7 Å². The summed E-state index contributed by atoms with van der Waals surface area (Å²) >= 11 is 0. The molecule has 2 rings (SSSR count). The van der Waals surface area contributed by atoms with Gasteiger partial charge in [0.25, 0.3) is 0 Å². The van der Waals surface area contributed by atoms with Crippen LogP contribution < -0.4 is 11.1 Å². The molecule has 1 aromatic rings. The van der Waals surface area contributed by atoms with Crippen LogP contribution >= 0.6 is 0 Å². The van der Waals surface area contributed by atoms with Crippen molar-refractivity contribution < 1.29 is 0 Å². The molecule has 1 aliphatic carbocycles. The van der Waals surface area contributed by atoms with Crippen molar-refractivity contribution in [2.75, 3.05) is 11.9 Å². The topological polar surface area (TPSA) is 50.9 Å². The molecule has 0 spiro atoms. The van der Waals surface area contributed by atoms with E-state index in [1.165, 1.54) is 12.8 Å². The Morgan fingerprint density at radius 2 is 2.33 bits per heavy atom. The molecule has 0 aliphatic heterocycles. The lowest BCUT2D eigenvalue weighted by Gasteiger charge is -2.11. The molecule has 2 unspecified atom stereocenters. The van der Waals surface area contributed by atoms with Crippen molar-refractivity contribution in [1.29, 1.82) is 0 Å². The fourth-order valence-electron chi connectivity index (χ4n) is 2.19. The van der Waals surface area contributed by atoms with Gasteiger partial charge in [0.1, 0.15) is 5.82 Å². The Labute approximate surface area is 91.1 Å². The molecule has 0 saturated heterocycles. The molecular formula is C12H19N3. The fraction of sp³-hybridized carbons (Fsp3) is 0.583. The van der Waals surface area contributed by atoms with E-state index in [4.69, 9.17) is 5.73 Å². The lowest BCUT2D eigenvalue weighted by molar-refractivity contribution is 0.565. The second-order valence-corrected chi connectivity index (χ2v) is 4.48. The molecule has 1 saturated carbocycles. The maximum absolute atomic E-state index is 5.87. The number of hydrogen-bond donors (Lipinski definition) is 2. The van der Waals surface area contributed by atoms with E-state index in [2.05, 4.69) is 10.3 Å². The Balaban J connectivity index is 1.83. The third kappa shape index (κ3) is 2.93. The van der Waals surface area contributed by atoms with Gasteiger partial charge in [-0.1, -0.05) is 6.07 Å². The van der Waals surface area contributed by atoms with Crippen LogP contribution in [0.15, 0.2) is 18.2 Å². The summed E-state index contributed by atoms with van der Waals surface area (Å²) in [5.74, 6) is 1.71. The van der Waals surface area contributed by atoms with Gasteiger partial charge < -0.3 is 11.1 Å². The van der Waals surface area contributed by atoms with Gasteiger partial charge in [-0.3, -0.25) is 0 Å². The van der Waals surface area contributed by atoms with Gasteiger partial charge >= 0.3 is 0 Å². The van der Waals surface area contributed by atoms with Crippen LogP contribution in [0.2, 0.25) is 0 Å². The molecule has 0 aromatic carbocycles.